The monoisotopic (exact) mass is 428 g/mol. The van der Waals surface area contributed by atoms with Crippen LogP contribution in [0.4, 0.5) is 10.9 Å². The molecule has 4 heterocycles. The van der Waals surface area contributed by atoms with Crippen LogP contribution in [-0.4, -0.2) is 71.5 Å². The highest BCUT2D eigenvalue weighted by molar-refractivity contribution is 7.09. The van der Waals surface area contributed by atoms with E-state index in [1.165, 1.54) is 36.4 Å². The van der Waals surface area contributed by atoms with Crippen LogP contribution in [0.25, 0.3) is 0 Å². The molecule has 2 aliphatic rings. The first-order chi connectivity index (χ1) is 14.8. The number of rotatable bonds is 5. The Bertz CT molecular complexity index is 837. The predicted molar refractivity (Wildman–Crippen MR) is 124 cm³/mol. The van der Waals surface area contributed by atoms with Crippen LogP contribution < -0.4 is 15.1 Å². The molecule has 1 N–H and O–H groups in total. The van der Waals surface area contributed by atoms with E-state index in [1.54, 1.807) is 0 Å². The van der Waals surface area contributed by atoms with Crippen LogP contribution in [-0.2, 0) is 13.0 Å². The number of aromatic nitrogens is 3. The maximum atomic E-state index is 4.62. The third-order valence-electron chi connectivity index (χ3n) is 5.78. The zero-order valence-electron chi connectivity index (χ0n) is 18.0. The van der Waals surface area contributed by atoms with Crippen molar-refractivity contribution in [2.24, 2.45) is 4.99 Å². The molecule has 8 nitrogen and oxygen atoms in total. The third-order valence-corrected chi connectivity index (χ3v) is 6.59. The molecule has 2 fully saturated rings. The average Bonchev–Trinajstić information content (AvgIpc) is 3.30. The Labute approximate surface area is 183 Å². The van der Waals surface area contributed by atoms with E-state index in [-0.39, 0.29) is 0 Å². The van der Waals surface area contributed by atoms with Crippen LogP contribution in [0.1, 0.15) is 37.6 Å². The summed E-state index contributed by atoms with van der Waals surface area (Å²) < 4.78 is 4.41. The SMILES string of the molecule is CCc1nsc(N2CCN(C(=NC)NCc3ccnc(N4CCCCC4)c3)CC2)n1. The summed E-state index contributed by atoms with van der Waals surface area (Å²) in [7, 11) is 1.86. The van der Waals surface area contributed by atoms with E-state index in [4.69, 9.17) is 0 Å². The smallest absolute Gasteiger partial charge is 0.205 e. The normalized spacial score (nSPS) is 18.1. The van der Waals surface area contributed by atoms with Gasteiger partial charge in [0, 0.05) is 77.0 Å². The van der Waals surface area contributed by atoms with Gasteiger partial charge in [-0.2, -0.15) is 4.37 Å². The summed E-state index contributed by atoms with van der Waals surface area (Å²) in [4.78, 5) is 20.8. The second-order valence-corrected chi connectivity index (χ2v) is 8.52. The van der Waals surface area contributed by atoms with Gasteiger partial charge in [0.2, 0.25) is 5.13 Å². The summed E-state index contributed by atoms with van der Waals surface area (Å²) in [6.45, 7) is 8.81. The molecule has 0 aliphatic carbocycles. The predicted octanol–water partition coefficient (Wildman–Crippen LogP) is 2.38. The molecular formula is C21H32N8S. The van der Waals surface area contributed by atoms with Gasteiger partial charge in [-0.15, -0.1) is 0 Å². The van der Waals surface area contributed by atoms with Gasteiger partial charge in [0.15, 0.2) is 5.96 Å². The van der Waals surface area contributed by atoms with Crippen molar-refractivity contribution in [1.82, 2.24) is 24.6 Å². The van der Waals surface area contributed by atoms with E-state index in [2.05, 4.69) is 58.4 Å². The molecule has 0 bridgehead atoms. The van der Waals surface area contributed by atoms with Crippen molar-refractivity contribution in [2.45, 2.75) is 39.2 Å². The molecule has 0 radical (unpaired) electrons. The maximum absolute atomic E-state index is 4.62. The minimum Gasteiger partial charge on any atom is -0.357 e. The molecule has 162 valence electrons. The van der Waals surface area contributed by atoms with E-state index < -0.39 is 0 Å². The van der Waals surface area contributed by atoms with Crippen LogP contribution >= 0.6 is 11.5 Å². The first kappa shape index (κ1) is 20.8. The van der Waals surface area contributed by atoms with Crippen molar-refractivity contribution in [3.63, 3.8) is 0 Å². The molecule has 2 aromatic rings. The molecule has 0 unspecified atom stereocenters. The van der Waals surface area contributed by atoms with E-state index in [1.807, 2.05) is 13.2 Å². The topological polar surface area (TPSA) is 72.8 Å². The molecule has 0 atom stereocenters. The van der Waals surface area contributed by atoms with Gasteiger partial charge in [0.1, 0.15) is 11.6 Å². The fourth-order valence-electron chi connectivity index (χ4n) is 4.01. The number of hydrogen-bond donors (Lipinski definition) is 1. The van der Waals surface area contributed by atoms with Gasteiger partial charge in [0.25, 0.3) is 0 Å². The number of hydrogen-bond acceptors (Lipinski definition) is 7. The lowest BCUT2D eigenvalue weighted by molar-refractivity contribution is 0.372. The largest absolute Gasteiger partial charge is 0.357 e. The first-order valence-electron chi connectivity index (χ1n) is 11.0. The van der Waals surface area contributed by atoms with Gasteiger partial charge in [-0.05, 0) is 37.0 Å². The standard InChI is InChI=1S/C21H32N8S/c1-3-18-25-21(30-26-18)29-13-11-28(12-14-29)20(22-2)24-16-17-7-8-23-19(15-17)27-9-5-4-6-10-27/h7-8,15H,3-6,9-14,16H2,1-2H3,(H,22,24). The maximum Gasteiger partial charge on any atom is 0.205 e. The first-order valence-corrected chi connectivity index (χ1v) is 11.8. The number of nitrogens with zero attached hydrogens (tertiary/aromatic N) is 7. The molecule has 2 aromatic heterocycles. The molecule has 2 saturated heterocycles. The lowest BCUT2D eigenvalue weighted by atomic mass is 10.1. The number of pyridine rings is 1. The highest BCUT2D eigenvalue weighted by Crippen LogP contribution is 2.20. The Hall–Kier alpha value is -2.42. The van der Waals surface area contributed by atoms with Gasteiger partial charge in [-0.3, -0.25) is 4.99 Å². The fraction of sp³-hybridized carbons (Fsp3) is 0.619. The molecule has 2 aliphatic heterocycles. The minimum atomic E-state index is 0.756. The molecule has 0 amide bonds. The van der Waals surface area contributed by atoms with Gasteiger partial charge in [-0.25, -0.2) is 9.97 Å². The molecule has 4 rings (SSSR count). The molecule has 0 aromatic carbocycles. The summed E-state index contributed by atoms with van der Waals surface area (Å²) in [5.74, 6) is 3.00. The molecular weight excluding hydrogens is 396 g/mol. The second kappa shape index (κ2) is 10.1. The minimum absolute atomic E-state index is 0.756. The van der Waals surface area contributed by atoms with Crippen LogP contribution in [0, 0.1) is 0 Å². The zero-order valence-corrected chi connectivity index (χ0v) is 18.9. The number of nitrogens with one attached hydrogen (secondary N) is 1. The van der Waals surface area contributed by atoms with Crippen molar-refractivity contribution in [3.05, 3.63) is 29.7 Å². The Kier molecular flexibility index (Phi) is 6.99. The second-order valence-electron chi connectivity index (χ2n) is 7.79. The Morgan fingerprint density at radius 3 is 2.60 bits per heavy atom. The van der Waals surface area contributed by atoms with E-state index in [0.717, 1.165) is 75.0 Å². The number of aliphatic imine (C=N–C) groups is 1. The van der Waals surface area contributed by atoms with Crippen LogP contribution in [0.5, 0.6) is 0 Å². The summed E-state index contributed by atoms with van der Waals surface area (Å²) in [5.41, 5.74) is 1.24. The number of anilines is 2. The molecule has 9 heteroatoms. The summed E-state index contributed by atoms with van der Waals surface area (Å²) >= 11 is 1.51. The Morgan fingerprint density at radius 1 is 1.10 bits per heavy atom. The highest BCUT2D eigenvalue weighted by atomic mass is 32.1. The van der Waals surface area contributed by atoms with Crippen molar-refractivity contribution >= 4 is 28.4 Å². The van der Waals surface area contributed by atoms with E-state index in [9.17, 15) is 0 Å². The summed E-state index contributed by atoms with van der Waals surface area (Å²) in [6, 6.07) is 4.30. The third kappa shape index (κ3) is 5.00. The number of piperazine rings is 1. The zero-order chi connectivity index (χ0) is 20.8. The van der Waals surface area contributed by atoms with Gasteiger partial charge in [0.05, 0.1) is 0 Å². The van der Waals surface area contributed by atoms with Crippen molar-refractivity contribution < 1.29 is 0 Å². The van der Waals surface area contributed by atoms with Crippen molar-refractivity contribution in [2.75, 3.05) is 56.1 Å². The fourth-order valence-corrected chi connectivity index (χ4v) is 4.81. The summed E-state index contributed by atoms with van der Waals surface area (Å²) in [6.07, 6.45) is 6.68. The molecule has 0 spiro atoms. The van der Waals surface area contributed by atoms with Gasteiger partial charge < -0.3 is 20.0 Å². The van der Waals surface area contributed by atoms with Gasteiger partial charge >= 0.3 is 0 Å². The quantitative estimate of drug-likeness (QED) is 0.579. The number of guanidine groups is 1. The number of aryl methyl sites for hydroxylation is 1. The molecule has 0 saturated carbocycles. The van der Waals surface area contributed by atoms with Crippen molar-refractivity contribution in [3.8, 4) is 0 Å². The lowest BCUT2D eigenvalue weighted by Crippen LogP contribution is -2.52. The van der Waals surface area contributed by atoms with Crippen LogP contribution in [0.3, 0.4) is 0 Å². The van der Waals surface area contributed by atoms with Crippen molar-refractivity contribution in [1.29, 1.82) is 0 Å². The lowest BCUT2D eigenvalue weighted by Gasteiger charge is -2.36. The Balaban J connectivity index is 1.30. The van der Waals surface area contributed by atoms with E-state index in [0.29, 0.717) is 0 Å². The van der Waals surface area contributed by atoms with Crippen LogP contribution in [0.15, 0.2) is 23.3 Å². The molecule has 30 heavy (non-hydrogen) atoms. The summed E-state index contributed by atoms with van der Waals surface area (Å²) in [5, 5.41) is 4.58. The van der Waals surface area contributed by atoms with E-state index >= 15 is 0 Å². The van der Waals surface area contributed by atoms with Gasteiger partial charge in [-0.1, -0.05) is 6.92 Å². The van der Waals surface area contributed by atoms with Crippen LogP contribution in [0.2, 0.25) is 0 Å². The Morgan fingerprint density at radius 2 is 1.90 bits per heavy atom. The highest BCUT2D eigenvalue weighted by Gasteiger charge is 2.22. The number of piperidine rings is 1. The average molecular weight is 429 g/mol.